The maximum absolute atomic E-state index is 11.7. The van der Waals surface area contributed by atoms with E-state index in [0.29, 0.717) is 0 Å². The monoisotopic (exact) mass is 276 g/mol. The minimum absolute atomic E-state index is 0.0858. The normalized spacial score (nSPS) is 12.4. The van der Waals surface area contributed by atoms with Gasteiger partial charge in [0.2, 0.25) is 0 Å². The van der Waals surface area contributed by atoms with Crippen LogP contribution in [-0.4, -0.2) is 19.9 Å². The summed E-state index contributed by atoms with van der Waals surface area (Å²) in [6.45, 7) is 0. The third kappa shape index (κ3) is 2.93. The van der Waals surface area contributed by atoms with Crippen LogP contribution >= 0.6 is 11.3 Å². The lowest BCUT2D eigenvalue weighted by atomic mass is 10.5. The summed E-state index contributed by atoms with van der Waals surface area (Å²) in [5.74, 6) is -1.32. The highest BCUT2D eigenvalue weighted by molar-refractivity contribution is 7.87. The first-order chi connectivity index (χ1) is 7.24. The highest BCUT2D eigenvalue weighted by Gasteiger charge is 2.49. The lowest BCUT2D eigenvalue weighted by molar-refractivity contribution is -0.163. The predicted molar refractivity (Wildman–Crippen MR) is 45.8 cm³/mol. The van der Waals surface area contributed by atoms with Gasteiger partial charge in [-0.2, -0.15) is 21.6 Å². The maximum Gasteiger partial charge on any atom is 0.526 e. The summed E-state index contributed by atoms with van der Waals surface area (Å²) in [6, 6.07) is 2.66. The molecule has 1 aromatic rings. The van der Waals surface area contributed by atoms with Gasteiger partial charge in [0.05, 0.1) is 0 Å². The Bertz CT molecular complexity index is 461. The third-order valence-electron chi connectivity index (χ3n) is 1.21. The van der Waals surface area contributed by atoms with E-state index >= 15 is 0 Å². The molecule has 5 nitrogen and oxygen atoms in total. The average Bonchev–Trinajstić information content (AvgIpc) is 2.65. The maximum atomic E-state index is 11.7. The van der Waals surface area contributed by atoms with Crippen LogP contribution in [0.25, 0.3) is 0 Å². The number of halogens is 3. The molecule has 1 heterocycles. The molecule has 0 spiro atoms. The van der Waals surface area contributed by atoms with E-state index in [1.807, 2.05) is 0 Å². The van der Waals surface area contributed by atoms with Gasteiger partial charge in [-0.3, -0.25) is 4.89 Å². The summed E-state index contributed by atoms with van der Waals surface area (Å²) in [6.07, 6.45) is 0. The van der Waals surface area contributed by atoms with Crippen molar-refractivity contribution in [2.45, 2.75) is 5.51 Å². The lowest BCUT2D eigenvalue weighted by Gasteiger charge is -2.05. The summed E-state index contributed by atoms with van der Waals surface area (Å²) in [5, 5.41) is 1.45. The molecule has 0 amide bonds. The van der Waals surface area contributed by atoms with Gasteiger partial charge in [0.25, 0.3) is 0 Å². The quantitative estimate of drug-likeness (QED) is 0.477. The van der Waals surface area contributed by atoms with Gasteiger partial charge in [-0.05, 0) is 15.8 Å². The lowest BCUT2D eigenvalue weighted by Crippen LogP contribution is -2.26. The molecule has 0 radical (unpaired) electrons. The van der Waals surface area contributed by atoms with Gasteiger partial charge in [0.15, 0.2) is 0 Å². The van der Waals surface area contributed by atoms with E-state index in [0.717, 1.165) is 11.3 Å². The third-order valence-corrected chi connectivity index (χ3v) is 2.87. The van der Waals surface area contributed by atoms with Crippen molar-refractivity contribution in [3.8, 4) is 0 Å². The van der Waals surface area contributed by atoms with Crippen molar-refractivity contribution in [3.63, 3.8) is 0 Å². The van der Waals surface area contributed by atoms with Gasteiger partial charge >= 0.3 is 21.6 Å². The molecule has 0 atom stereocenters. The fourth-order valence-corrected chi connectivity index (χ4v) is 1.37. The Morgan fingerprint density at radius 2 is 2.00 bits per heavy atom. The summed E-state index contributed by atoms with van der Waals surface area (Å²) in [7, 11) is -5.92. The number of alkyl halides is 3. The van der Waals surface area contributed by atoms with E-state index in [-0.39, 0.29) is 4.88 Å². The van der Waals surface area contributed by atoms with Crippen molar-refractivity contribution in [1.29, 1.82) is 0 Å². The molecule has 0 aliphatic carbocycles. The van der Waals surface area contributed by atoms with Crippen molar-refractivity contribution in [2.75, 3.05) is 0 Å². The first-order valence-electron chi connectivity index (χ1n) is 3.49. The Hall–Kier alpha value is -1.13. The second-order valence-electron chi connectivity index (χ2n) is 2.32. The molecule has 10 heteroatoms. The highest BCUT2D eigenvalue weighted by atomic mass is 32.2. The van der Waals surface area contributed by atoms with E-state index < -0.39 is 21.6 Å². The molecule has 90 valence electrons. The smallest absolute Gasteiger partial charge is 0.275 e. The first kappa shape index (κ1) is 12.9. The summed E-state index contributed by atoms with van der Waals surface area (Å²) in [4.78, 5) is 14.4. The largest absolute Gasteiger partial charge is 0.526 e. The van der Waals surface area contributed by atoms with E-state index in [2.05, 4.69) is 9.22 Å². The summed E-state index contributed by atoms with van der Waals surface area (Å²) >= 11 is 0.858. The van der Waals surface area contributed by atoms with E-state index in [9.17, 15) is 26.4 Å². The average molecular weight is 276 g/mol. The van der Waals surface area contributed by atoms with Crippen LogP contribution in [0, 0.1) is 0 Å². The van der Waals surface area contributed by atoms with Gasteiger partial charge in [-0.25, -0.2) is 4.79 Å². The zero-order chi connectivity index (χ0) is 12.4. The Morgan fingerprint density at radius 1 is 1.38 bits per heavy atom. The molecule has 1 rings (SSSR count). The van der Waals surface area contributed by atoms with Gasteiger partial charge in [0, 0.05) is 0 Å². The van der Waals surface area contributed by atoms with Crippen LogP contribution < -0.4 is 0 Å². The Labute approximate surface area is 91.5 Å². The molecule has 0 saturated heterocycles. The highest BCUT2D eigenvalue weighted by Crippen LogP contribution is 2.25. The van der Waals surface area contributed by atoms with Crippen LogP contribution in [0.5, 0.6) is 0 Å². The van der Waals surface area contributed by atoms with Crippen LogP contribution in [0.1, 0.15) is 9.67 Å². The Kier molecular flexibility index (Phi) is 3.55. The first-order valence-corrected chi connectivity index (χ1v) is 5.78. The molecule has 0 bridgehead atoms. The van der Waals surface area contributed by atoms with Gasteiger partial charge < -0.3 is 0 Å². The zero-order valence-corrected chi connectivity index (χ0v) is 8.86. The SMILES string of the molecule is O=C(OOS(=O)(=O)C(F)(F)F)c1cccs1. The molecule has 1 aromatic heterocycles. The standard InChI is InChI=1S/C6H3F3O5S2/c7-6(8,9)16(11,12)14-13-5(10)4-2-1-3-15-4/h1-3H. The molecular weight excluding hydrogens is 273 g/mol. The molecule has 0 unspecified atom stereocenters. The van der Waals surface area contributed by atoms with Crippen LogP contribution in [0.3, 0.4) is 0 Å². The number of carbonyl (C=O) groups is 1. The topological polar surface area (TPSA) is 69.7 Å². The summed E-state index contributed by atoms with van der Waals surface area (Å²) in [5.41, 5.74) is -5.64. The molecule has 0 saturated carbocycles. The predicted octanol–water partition coefficient (Wildman–Crippen LogP) is 1.69. The Balaban J connectivity index is 2.63. The van der Waals surface area contributed by atoms with Crippen molar-refractivity contribution in [2.24, 2.45) is 0 Å². The molecule has 16 heavy (non-hydrogen) atoms. The number of rotatable bonds is 3. The molecule has 0 N–H and O–H groups in total. The van der Waals surface area contributed by atoms with Crippen molar-refractivity contribution < 1.29 is 35.6 Å². The number of hydrogen-bond acceptors (Lipinski definition) is 6. The molecular formula is C6H3F3O5S2. The second kappa shape index (κ2) is 4.39. The van der Waals surface area contributed by atoms with E-state index in [4.69, 9.17) is 0 Å². The van der Waals surface area contributed by atoms with Gasteiger partial charge in [-0.1, -0.05) is 6.07 Å². The van der Waals surface area contributed by atoms with Crippen molar-refractivity contribution in [3.05, 3.63) is 22.4 Å². The zero-order valence-electron chi connectivity index (χ0n) is 7.22. The number of thiophene rings is 1. The van der Waals surface area contributed by atoms with Crippen LogP contribution in [0.4, 0.5) is 13.2 Å². The molecule has 0 aliphatic heterocycles. The van der Waals surface area contributed by atoms with Gasteiger partial charge in [0.1, 0.15) is 4.88 Å². The molecule has 0 aliphatic rings. The van der Waals surface area contributed by atoms with Crippen LogP contribution in [0.2, 0.25) is 0 Å². The minimum atomic E-state index is -5.92. The van der Waals surface area contributed by atoms with Crippen LogP contribution in [-0.2, 0) is 19.3 Å². The second-order valence-corrected chi connectivity index (χ2v) is 4.77. The Morgan fingerprint density at radius 3 is 2.44 bits per heavy atom. The fraction of sp³-hybridized carbons (Fsp3) is 0.167. The number of hydrogen-bond donors (Lipinski definition) is 0. The van der Waals surface area contributed by atoms with E-state index in [1.54, 1.807) is 0 Å². The fourth-order valence-electron chi connectivity index (χ4n) is 0.550. The minimum Gasteiger partial charge on any atom is -0.275 e. The van der Waals surface area contributed by atoms with Crippen LogP contribution in [0.15, 0.2) is 17.5 Å². The van der Waals surface area contributed by atoms with E-state index in [1.165, 1.54) is 17.5 Å². The molecule has 0 fully saturated rings. The molecule has 0 aromatic carbocycles. The number of carbonyl (C=O) groups excluding carboxylic acids is 1. The summed E-state index contributed by atoms with van der Waals surface area (Å²) < 4.78 is 58.9. The van der Waals surface area contributed by atoms with Gasteiger partial charge in [-0.15, -0.1) is 11.3 Å². The van der Waals surface area contributed by atoms with Crippen molar-refractivity contribution >= 4 is 27.4 Å². The van der Waals surface area contributed by atoms with Crippen molar-refractivity contribution in [1.82, 2.24) is 0 Å².